The third-order valence-electron chi connectivity index (χ3n) is 3.87. The van der Waals surface area contributed by atoms with Crippen molar-refractivity contribution in [1.29, 1.82) is 0 Å². The number of alkyl halides is 6. The quantitative estimate of drug-likeness (QED) is 0.403. The number of ether oxygens (including phenoxy) is 1. The molecule has 0 aromatic heterocycles. The van der Waals surface area contributed by atoms with Gasteiger partial charge < -0.3 is 15.4 Å². The van der Waals surface area contributed by atoms with E-state index in [1.807, 2.05) is 0 Å². The minimum absolute atomic E-state index is 0.207. The maximum atomic E-state index is 14.0. The molecule has 0 radical (unpaired) electrons. The summed E-state index contributed by atoms with van der Waals surface area (Å²) in [6.07, 6.45) is -10.3. The third-order valence-corrected chi connectivity index (χ3v) is 3.87. The Kier molecular flexibility index (Phi) is 6.63. The molecule has 1 amide bonds. The fourth-order valence-corrected chi connectivity index (χ4v) is 2.45. The van der Waals surface area contributed by atoms with Crippen molar-refractivity contribution >= 4 is 17.6 Å². The summed E-state index contributed by atoms with van der Waals surface area (Å²) in [5.41, 5.74) is -5.99. The van der Waals surface area contributed by atoms with Crippen LogP contribution in [0.25, 0.3) is 0 Å². The fraction of sp³-hybridized carbons (Fsp3) is 0.263. The Morgan fingerprint density at radius 3 is 2.10 bits per heavy atom. The Morgan fingerprint density at radius 2 is 1.57 bits per heavy atom. The minimum Gasteiger partial charge on any atom is -0.463 e. The Balaban J connectivity index is 2.54. The number of benzene rings is 2. The molecule has 0 fully saturated rings. The molecule has 0 saturated heterocycles. The zero-order valence-electron chi connectivity index (χ0n) is 15.4. The molecule has 2 aromatic carbocycles. The van der Waals surface area contributed by atoms with Crippen molar-refractivity contribution in [3.05, 3.63) is 65.7 Å². The molecule has 162 valence electrons. The fourth-order valence-electron chi connectivity index (χ4n) is 2.45. The van der Waals surface area contributed by atoms with Crippen LogP contribution < -0.4 is 10.6 Å². The minimum atomic E-state index is -5.47. The molecule has 5 nitrogen and oxygen atoms in total. The lowest BCUT2D eigenvalue weighted by Gasteiger charge is -2.35. The predicted molar refractivity (Wildman–Crippen MR) is 94.4 cm³/mol. The summed E-state index contributed by atoms with van der Waals surface area (Å²) in [7, 11) is 0. The molecule has 0 unspecified atom stereocenters. The van der Waals surface area contributed by atoms with Gasteiger partial charge in [0.1, 0.15) is 0 Å². The van der Waals surface area contributed by atoms with E-state index in [1.54, 1.807) is 10.6 Å². The summed E-state index contributed by atoms with van der Waals surface area (Å²) < 4.78 is 85.4. The Hall–Kier alpha value is -3.24. The molecule has 2 N–H and O–H groups in total. The van der Waals surface area contributed by atoms with Crippen LogP contribution in [0.3, 0.4) is 0 Å². The normalized spacial score (nSPS) is 13.8. The number of carbonyl (C=O) groups excluding carboxylic acids is 2. The lowest BCUT2D eigenvalue weighted by Crippen LogP contribution is -2.69. The van der Waals surface area contributed by atoms with E-state index in [2.05, 4.69) is 4.74 Å². The number of hydrogen-bond donors (Lipinski definition) is 2. The van der Waals surface area contributed by atoms with Crippen LogP contribution in [0.5, 0.6) is 0 Å². The summed E-state index contributed by atoms with van der Waals surface area (Å²) in [6, 6.07) is 9.46. The Labute approximate surface area is 167 Å². The number of rotatable bonds is 6. The van der Waals surface area contributed by atoms with E-state index in [0.717, 1.165) is 12.1 Å². The van der Waals surface area contributed by atoms with Gasteiger partial charge in [0.15, 0.2) is 0 Å². The first-order chi connectivity index (χ1) is 13.9. The molecule has 0 aliphatic heterocycles. The zero-order valence-corrected chi connectivity index (χ0v) is 15.4. The SMILES string of the molecule is CCOC(=O)[C@@](NC(=O)c1ccccc1)(Nc1cccc(C(F)(F)F)c1)C(F)(F)F. The topological polar surface area (TPSA) is 67.4 Å². The highest BCUT2D eigenvalue weighted by Crippen LogP contribution is 2.36. The van der Waals surface area contributed by atoms with Crippen LogP contribution in [0.1, 0.15) is 22.8 Å². The summed E-state index contributed by atoms with van der Waals surface area (Å²) in [4.78, 5) is 24.7. The zero-order chi connectivity index (χ0) is 22.6. The molecular weight excluding hydrogens is 418 g/mol. The van der Waals surface area contributed by atoms with Crippen molar-refractivity contribution in [2.75, 3.05) is 11.9 Å². The maximum absolute atomic E-state index is 14.0. The predicted octanol–water partition coefficient (Wildman–Crippen LogP) is 4.37. The van der Waals surface area contributed by atoms with E-state index >= 15 is 0 Å². The number of nitrogens with one attached hydrogen (secondary N) is 2. The average molecular weight is 434 g/mol. The van der Waals surface area contributed by atoms with Gasteiger partial charge in [-0.25, -0.2) is 4.79 Å². The van der Waals surface area contributed by atoms with E-state index in [1.165, 1.54) is 37.3 Å². The molecule has 0 aliphatic rings. The molecule has 0 bridgehead atoms. The second kappa shape index (κ2) is 8.64. The van der Waals surface area contributed by atoms with E-state index in [4.69, 9.17) is 0 Å². The van der Waals surface area contributed by atoms with Gasteiger partial charge in [-0.1, -0.05) is 24.3 Å². The largest absolute Gasteiger partial charge is 0.463 e. The van der Waals surface area contributed by atoms with Gasteiger partial charge in [0, 0.05) is 11.3 Å². The molecule has 0 saturated carbocycles. The van der Waals surface area contributed by atoms with Crippen molar-refractivity contribution in [3.63, 3.8) is 0 Å². The summed E-state index contributed by atoms with van der Waals surface area (Å²) >= 11 is 0. The highest BCUT2D eigenvalue weighted by Gasteiger charge is 2.63. The van der Waals surface area contributed by atoms with Crippen molar-refractivity contribution in [1.82, 2.24) is 5.32 Å². The van der Waals surface area contributed by atoms with Gasteiger partial charge in [0.05, 0.1) is 12.2 Å². The molecule has 2 aromatic rings. The van der Waals surface area contributed by atoms with Crippen LogP contribution >= 0.6 is 0 Å². The smallest absolute Gasteiger partial charge is 0.441 e. The lowest BCUT2D eigenvalue weighted by atomic mass is 10.1. The number of halogens is 6. The molecule has 2 rings (SSSR count). The van der Waals surface area contributed by atoms with E-state index in [-0.39, 0.29) is 5.56 Å². The molecule has 30 heavy (non-hydrogen) atoms. The van der Waals surface area contributed by atoms with E-state index < -0.39 is 47.7 Å². The monoisotopic (exact) mass is 434 g/mol. The van der Waals surface area contributed by atoms with Crippen molar-refractivity contribution < 1.29 is 40.7 Å². The van der Waals surface area contributed by atoms with Gasteiger partial charge in [-0.2, -0.15) is 26.3 Å². The summed E-state index contributed by atoms with van der Waals surface area (Å²) in [6.45, 7) is 0.768. The van der Waals surface area contributed by atoms with Gasteiger partial charge in [-0.05, 0) is 37.3 Å². The average Bonchev–Trinajstić information content (AvgIpc) is 2.67. The second-order valence-corrected chi connectivity index (χ2v) is 5.99. The number of amides is 1. The molecule has 0 spiro atoms. The number of esters is 1. The van der Waals surface area contributed by atoms with Crippen molar-refractivity contribution in [2.45, 2.75) is 24.9 Å². The van der Waals surface area contributed by atoms with Crippen LogP contribution in [-0.2, 0) is 15.7 Å². The first kappa shape index (κ1) is 23.0. The van der Waals surface area contributed by atoms with Crippen LogP contribution in [0, 0.1) is 0 Å². The van der Waals surface area contributed by atoms with Gasteiger partial charge >= 0.3 is 24.0 Å². The Morgan fingerprint density at radius 1 is 0.933 bits per heavy atom. The van der Waals surface area contributed by atoms with Crippen LogP contribution in [0.15, 0.2) is 54.6 Å². The molecule has 1 atom stereocenters. The van der Waals surface area contributed by atoms with Gasteiger partial charge in [-0.15, -0.1) is 0 Å². The molecular formula is C19H16F6N2O3. The first-order valence-corrected chi connectivity index (χ1v) is 8.47. The van der Waals surface area contributed by atoms with Crippen LogP contribution in [-0.4, -0.2) is 30.3 Å². The first-order valence-electron chi connectivity index (χ1n) is 8.47. The van der Waals surface area contributed by atoms with Crippen LogP contribution in [0.4, 0.5) is 32.0 Å². The third kappa shape index (κ3) is 5.02. The molecule has 0 aliphatic carbocycles. The molecule has 11 heteroatoms. The van der Waals surface area contributed by atoms with E-state index in [0.29, 0.717) is 12.1 Å². The standard InChI is InChI=1S/C19H16F6N2O3/c1-2-30-16(29)17(19(23,24)25,27-15(28)12-7-4-3-5-8-12)26-14-10-6-9-13(11-14)18(20,21)22/h3-11,26H,2H2,1H3,(H,27,28)/t17-/m0/s1. The summed E-state index contributed by atoms with van der Waals surface area (Å²) in [5, 5.41) is 3.25. The summed E-state index contributed by atoms with van der Waals surface area (Å²) in [5.74, 6) is -3.22. The Bertz CT molecular complexity index is 899. The van der Waals surface area contributed by atoms with Gasteiger partial charge in [0.2, 0.25) is 0 Å². The van der Waals surface area contributed by atoms with Crippen molar-refractivity contribution in [3.8, 4) is 0 Å². The maximum Gasteiger partial charge on any atom is 0.441 e. The highest BCUT2D eigenvalue weighted by atomic mass is 19.4. The second-order valence-electron chi connectivity index (χ2n) is 5.99. The van der Waals surface area contributed by atoms with Gasteiger partial charge in [-0.3, -0.25) is 4.79 Å². The molecule has 0 heterocycles. The van der Waals surface area contributed by atoms with E-state index in [9.17, 15) is 35.9 Å². The number of carbonyl (C=O) groups is 2. The lowest BCUT2D eigenvalue weighted by molar-refractivity contribution is -0.204. The van der Waals surface area contributed by atoms with Gasteiger partial charge in [0.25, 0.3) is 5.91 Å². The number of hydrogen-bond acceptors (Lipinski definition) is 4. The van der Waals surface area contributed by atoms with Crippen LogP contribution in [0.2, 0.25) is 0 Å². The van der Waals surface area contributed by atoms with Crippen molar-refractivity contribution in [2.24, 2.45) is 0 Å². The number of anilines is 1. The highest BCUT2D eigenvalue weighted by molar-refractivity contribution is 5.99.